The number of carbonyl (C=O) groups is 1. The van der Waals surface area contributed by atoms with E-state index in [1.807, 2.05) is 0 Å². The first-order valence-corrected chi connectivity index (χ1v) is 8.87. The summed E-state index contributed by atoms with van der Waals surface area (Å²) in [7, 11) is 0. The topological polar surface area (TPSA) is 96.6 Å². The Morgan fingerprint density at radius 3 is 2.44 bits per heavy atom. The summed E-state index contributed by atoms with van der Waals surface area (Å²) >= 11 is 0. The summed E-state index contributed by atoms with van der Waals surface area (Å²) in [5, 5.41) is 17.9. The number of non-ortho nitro benzene ring substituents is 1. The van der Waals surface area contributed by atoms with Crippen LogP contribution in [-0.2, 0) is 0 Å². The molecule has 1 aromatic carbocycles. The van der Waals surface area contributed by atoms with Gasteiger partial charge in [0.2, 0.25) is 0 Å². The van der Waals surface area contributed by atoms with Gasteiger partial charge in [-0.2, -0.15) is 5.10 Å². The molecule has 0 heterocycles. The Morgan fingerprint density at radius 1 is 1.20 bits per heavy atom. The van der Waals surface area contributed by atoms with Gasteiger partial charge in [-0.25, -0.2) is 10.2 Å². The number of hydrazone groups is 1. The van der Waals surface area contributed by atoms with Crippen LogP contribution in [0.25, 0.3) is 0 Å². The van der Waals surface area contributed by atoms with Crippen molar-refractivity contribution >= 4 is 17.9 Å². The number of nitrogens with zero attached hydrogens (tertiary/aromatic N) is 2. The molecule has 4 fully saturated rings. The van der Waals surface area contributed by atoms with Gasteiger partial charge in [-0.3, -0.25) is 10.1 Å². The highest BCUT2D eigenvalue weighted by Gasteiger charge is 2.51. The Morgan fingerprint density at radius 2 is 1.84 bits per heavy atom. The van der Waals surface area contributed by atoms with E-state index in [0.29, 0.717) is 5.56 Å². The molecule has 0 unspecified atom stereocenters. The van der Waals surface area contributed by atoms with Crippen molar-refractivity contribution in [1.29, 1.82) is 0 Å². The van der Waals surface area contributed by atoms with Crippen LogP contribution in [0, 0.1) is 27.9 Å². The summed E-state index contributed by atoms with van der Waals surface area (Å²) in [6, 6.07) is 5.85. The summed E-state index contributed by atoms with van der Waals surface area (Å²) in [5.41, 5.74) is 3.02. The number of hydrogen-bond donors (Lipinski definition) is 2. The molecule has 7 nitrogen and oxygen atoms in total. The first-order valence-electron chi connectivity index (χ1n) is 8.87. The summed E-state index contributed by atoms with van der Waals surface area (Å²) < 4.78 is 0. The molecule has 0 saturated heterocycles. The standard InChI is InChI=1S/C18H22N4O3/c23-17(21-19-11-12-2-1-3-16(7-12)22(24)25)20-18-8-13-4-14(9-18)6-15(5-13)10-18/h1-3,7,11,13-15H,4-6,8-10H2,(H2,20,21,23)/b19-11-. The second-order valence-corrected chi connectivity index (χ2v) is 7.87. The lowest BCUT2D eigenvalue weighted by molar-refractivity contribution is -0.384. The van der Waals surface area contributed by atoms with Crippen LogP contribution in [0.1, 0.15) is 44.1 Å². The molecule has 1 aromatic rings. The lowest BCUT2D eigenvalue weighted by Gasteiger charge is -2.56. The highest BCUT2D eigenvalue weighted by Crippen LogP contribution is 2.55. The van der Waals surface area contributed by atoms with Gasteiger partial charge in [0.1, 0.15) is 0 Å². The number of amides is 2. The first-order chi connectivity index (χ1) is 12.0. The second-order valence-electron chi connectivity index (χ2n) is 7.87. The monoisotopic (exact) mass is 342 g/mol. The first kappa shape index (κ1) is 16.1. The van der Waals surface area contributed by atoms with E-state index in [9.17, 15) is 14.9 Å². The predicted octanol–water partition coefficient (Wildman–Crippen LogP) is 3.20. The molecule has 7 heteroatoms. The number of hydrogen-bond acceptors (Lipinski definition) is 4. The maximum atomic E-state index is 12.2. The van der Waals surface area contributed by atoms with Crippen LogP contribution in [0.3, 0.4) is 0 Å². The Labute approximate surface area is 146 Å². The molecular weight excluding hydrogens is 320 g/mol. The van der Waals surface area contributed by atoms with Crippen molar-refractivity contribution < 1.29 is 9.72 Å². The minimum absolute atomic E-state index is 0.00182. The van der Waals surface area contributed by atoms with Crippen molar-refractivity contribution in [3.8, 4) is 0 Å². The summed E-state index contributed by atoms with van der Waals surface area (Å²) in [4.78, 5) is 22.6. The number of benzene rings is 1. The number of nitro groups is 1. The molecule has 2 amide bonds. The lowest BCUT2D eigenvalue weighted by atomic mass is 9.53. The van der Waals surface area contributed by atoms with Crippen molar-refractivity contribution in [2.45, 2.75) is 44.1 Å². The molecule has 2 N–H and O–H groups in total. The molecule has 0 radical (unpaired) electrons. The van der Waals surface area contributed by atoms with Crippen molar-refractivity contribution in [3.63, 3.8) is 0 Å². The zero-order valence-electron chi connectivity index (χ0n) is 14.0. The number of nitrogens with one attached hydrogen (secondary N) is 2. The molecular formula is C18H22N4O3. The normalized spacial score (nSPS) is 32.7. The highest BCUT2D eigenvalue weighted by molar-refractivity contribution is 5.82. The number of urea groups is 1. The average Bonchev–Trinajstić information content (AvgIpc) is 2.53. The van der Waals surface area contributed by atoms with Crippen molar-refractivity contribution in [3.05, 3.63) is 39.9 Å². The van der Waals surface area contributed by atoms with Crippen LogP contribution in [-0.4, -0.2) is 22.7 Å². The molecule has 4 aliphatic rings. The van der Waals surface area contributed by atoms with Gasteiger partial charge in [0.25, 0.3) is 5.69 Å². The van der Waals surface area contributed by atoms with Gasteiger partial charge in [0.15, 0.2) is 0 Å². The van der Waals surface area contributed by atoms with Crippen molar-refractivity contribution in [1.82, 2.24) is 10.7 Å². The van der Waals surface area contributed by atoms with Gasteiger partial charge in [0.05, 0.1) is 11.1 Å². The fourth-order valence-corrected chi connectivity index (χ4v) is 5.42. The van der Waals surface area contributed by atoms with E-state index < -0.39 is 4.92 Å². The van der Waals surface area contributed by atoms with E-state index in [0.717, 1.165) is 37.0 Å². The smallest absolute Gasteiger partial charge is 0.331 e. The van der Waals surface area contributed by atoms with Gasteiger partial charge in [-0.1, -0.05) is 12.1 Å². The molecule has 4 aliphatic carbocycles. The zero-order valence-corrected chi connectivity index (χ0v) is 14.0. The Kier molecular flexibility index (Phi) is 3.94. The van der Waals surface area contributed by atoms with Gasteiger partial charge in [-0.05, 0) is 56.3 Å². The van der Waals surface area contributed by atoms with Crippen LogP contribution in [0.5, 0.6) is 0 Å². The third kappa shape index (κ3) is 3.36. The molecule has 0 aromatic heterocycles. The molecule has 4 bridgehead atoms. The van der Waals surface area contributed by atoms with Crippen LogP contribution in [0.4, 0.5) is 10.5 Å². The third-order valence-electron chi connectivity index (χ3n) is 5.88. The van der Waals surface area contributed by atoms with Crippen molar-refractivity contribution in [2.75, 3.05) is 0 Å². The Hall–Kier alpha value is -2.44. The fourth-order valence-electron chi connectivity index (χ4n) is 5.42. The number of carbonyl (C=O) groups excluding carboxylic acids is 1. The van der Waals surface area contributed by atoms with Gasteiger partial charge < -0.3 is 5.32 Å². The summed E-state index contributed by atoms with van der Waals surface area (Å²) in [5.74, 6) is 2.29. The molecule has 4 saturated carbocycles. The fraction of sp³-hybridized carbons (Fsp3) is 0.556. The Balaban J connectivity index is 1.35. The molecule has 0 aliphatic heterocycles. The molecule has 132 valence electrons. The molecule has 5 rings (SSSR count). The van der Waals surface area contributed by atoms with E-state index in [1.54, 1.807) is 12.1 Å². The largest absolute Gasteiger partial charge is 0.335 e. The van der Waals surface area contributed by atoms with E-state index in [4.69, 9.17) is 0 Å². The predicted molar refractivity (Wildman–Crippen MR) is 93.3 cm³/mol. The molecule has 25 heavy (non-hydrogen) atoms. The van der Waals surface area contributed by atoms with E-state index in [-0.39, 0.29) is 17.3 Å². The van der Waals surface area contributed by atoms with E-state index in [2.05, 4.69) is 15.8 Å². The van der Waals surface area contributed by atoms with Crippen LogP contribution in [0.15, 0.2) is 29.4 Å². The molecule has 0 spiro atoms. The maximum absolute atomic E-state index is 12.2. The SMILES string of the molecule is O=C(N/N=C\c1cccc([N+](=O)[O-])c1)NC12CC3CC(CC(C3)C1)C2. The number of nitro benzene ring substituents is 1. The number of rotatable bonds is 4. The average molecular weight is 342 g/mol. The quantitative estimate of drug-likeness (QED) is 0.499. The highest BCUT2D eigenvalue weighted by atomic mass is 16.6. The Bertz CT molecular complexity index is 696. The van der Waals surface area contributed by atoms with Crippen molar-refractivity contribution in [2.24, 2.45) is 22.9 Å². The van der Waals surface area contributed by atoms with Gasteiger partial charge >= 0.3 is 6.03 Å². The summed E-state index contributed by atoms with van der Waals surface area (Å²) in [6.07, 6.45) is 8.66. The van der Waals surface area contributed by atoms with Gasteiger partial charge in [0, 0.05) is 23.2 Å². The molecule has 0 atom stereocenters. The van der Waals surface area contributed by atoms with Gasteiger partial charge in [-0.15, -0.1) is 0 Å². The maximum Gasteiger partial charge on any atom is 0.335 e. The second kappa shape index (κ2) is 6.13. The minimum atomic E-state index is -0.454. The van der Waals surface area contributed by atoms with E-state index in [1.165, 1.54) is 37.6 Å². The van der Waals surface area contributed by atoms with Crippen LogP contribution in [0.2, 0.25) is 0 Å². The van der Waals surface area contributed by atoms with Crippen LogP contribution >= 0.6 is 0 Å². The third-order valence-corrected chi connectivity index (χ3v) is 5.88. The summed E-state index contributed by atoms with van der Waals surface area (Å²) in [6.45, 7) is 0. The zero-order chi connectivity index (χ0) is 17.4. The van der Waals surface area contributed by atoms with Crippen LogP contribution < -0.4 is 10.7 Å². The van der Waals surface area contributed by atoms with E-state index >= 15 is 0 Å². The lowest BCUT2D eigenvalue weighted by Crippen LogP contribution is -2.61. The minimum Gasteiger partial charge on any atom is -0.331 e.